The maximum Gasteiger partial charge on any atom is 0.246 e. The predicted molar refractivity (Wildman–Crippen MR) is 135 cm³/mol. The van der Waals surface area contributed by atoms with E-state index in [-0.39, 0.29) is 18.4 Å². The summed E-state index contributed by atoms with van der Waals surface area (Å²) in [5.41, 5.74) is 0.382. The van der Waals surface area contributed by atoms with Crippen molar-refractivity contribution >= 4 is 41.1 Å². The van der Waals surface area contributed by atoms with Gasteiger partial charge in [0, 0.05) is 50.6 Å². The van der Waals surface area contributed by atoms with E-state index >= 15 is 0 Å². The number of hydrogen-bond acceptors (Lipinski definition) is 5. The summed E-state index contributed by atoms with van der Waals surface area (Å²) >= 11 is 12.0. The molecule has 188 valence electrons. The molecule has 2 fully saturated rings. The van der Waals surface area contributed by atoms with E-state index in [1.807, 2.05) is 11.8 Å². The number of aliphatic hydroxyl groups excluding tert-OH is 2. The molecule has 34 heavy (non-hydrogen) atoms. The van der Waals surface area contributed by atoms with Crippen LogP contribution in [0.1, 0.15) is 38.2 Å². The molecule has 2 amide bonds. The van der Waals surface area contributed by atoms with Crippen molar-refractivity contribution in [1.29, 1.82) is 0 Å². The Balaban J connectivity index is 1.41. The number of hydrogen-bond donors (Lipinski definition) is 2. The van der Waals surface area contributed by atoms with Gasteiger partial charge in [0.2, 0.25) is 11.8 Å². The Bertz CT molecular complexity index is 897. The van der Waals surface area contributed by atoms with Crippen molar-refractivity contribution in [2.24, 2.45) is 5.41 Å². The number of likely N-dealkylation sites (tertiary alicyclic amines) is 1. The largest absolute Gasteiger partial charge is 0.396 e. The summed E-state index contributed by atoms with van der Waals surface area (Å²) in [5, 5.41) is 20.7. The van der Waals surface area contributed by atoms with Gasteiger partial charge in [-0.05, 0) is 56.1 Å². The number of β-amino-alcohol motifs (C(OH)–C–C–N with tert-alkyl or cyclic N) is 1. The molecule has 1 aromatic carbocycles. The smallest absolute Gasteiger partial charge is 0.246 e. The number of benzene rings is 1. The molecule has 1 aromatic rings. The van der Waals surface area contributed by atoms with Crippen molar-refractivity contribution < 1.29 is 19.8 Å². The normalized spacial score (nSPS) is 24.6. The molecule has 2 heterocycles. The minimum Gasteiger partial charge on any atom is -0.396 e. The number of halogens is 2. The number of piperidine rings is 1. The van der Waals surface area contributed by atoms with Crippen molar-refractivity contribution in [3.05, 3.63) is 39.9 Å². The first-order chi connectivity index (χ1) is 16.2. The van der Waals surface area contributed by atoms with Crippen LogP contribution in [-0.4, -0.2) is 95.3 Å². The second-order valence-electron chi connectivity index (χ2n) is 9.55. The van der Waals surface area contributed by atoms with Gasteiger partial charge in [0.05, 0.1) is 22.8 Å². The van der Waals surface area contributed by atoms with Gasteiger partial charge < -0.3 is 24.9 Å². The summed E-state index contributed by atoms with van der Waals surface area (Å²) in [4.78, 5) is 31.0. The van der Waals surface area contributed by atoms with Crippen LogP contribution in [0, 0.1) is 5.41 Å². The Morgan fingerprint density at radius 2 is 1.91 bits per heavy atom. The second kappa shape index (κ2) is 12.4. The van der Waals surface area contributed by atoms with Crippen molar-refractivity contribution in [3.63, 3.8) is 0 Å². The van der Waals surface area contributed by atoms with E-state index in [0.717, 1.165) is 37.9 Å². The molecule has 0 spiro atoms. The molecule has 0 radical (unpaired) electrons. The maximum absolute atomic E-state index is 12.6. The summed E-state index contributed by atoms with van der Waals surface area (Å²) in [6.45, 7) is 6.36. The van der Waals surface area contributed by atoms with Gasteiger partial charge in [0.1, 0.15) is 0 Å². The Morgan fingerprint density at radius 3 is 2.62 bits per heavy atom. The monoisotopic (exact) mass is 511 g/mol. The van der Waals surface area contributed by atoms with Gasteiger partial charge >= 0.3 is 0 Å². The van der Waals surface area contributed by atoms with Gasteiger partial charge in [0.15, 0.2) is 0 Å². The Labute approximate surface area is 211 Å². The van der Waals surface area contributed by atoms with Crippen LogP contribution >= 0.6 is 23.2 Å². The highest BCUT2D eigenvalue weighted by atomic mass is 35.5. The molecule has 3 rings (SSSR count). The van der Waals surface area contributed by atoms with E-state index < -0.39 is 11.5 Å². The van der Waals surface area contributed by atoms with Crippen LogP contribution in [0.2, 0.25) is 10.0 Å². The maximum atomic E-state index is 12.6. The predicted octanol–water partition coefficient (Wildman–Crippen LogP) is 2.91. The number of carbonyl (C=O) groups excluding carboxylic acids is 2. The molecule has 0 saturated carbocycles. The van der Waals surface area contributed by atoms with Gasteiger partial charge in [0.25, 0.3) is 0 Å². The summed E-state index contributed by atoms with van der Waals surface area (Å²) in [7, 11) is 0. The third kappa shape index (κ3) is 7.18. The lowest BCUT2D eigenvalue weighted by Gasteiger charge is -2.42. The number of carbonyl (C=O) groups is 2. The lowest BCUT2D eigenvalue weighted by Crippen LogP contribution is -2.51. The van der Waals surface area contributed by atoms with Gasteiger partial charge in [-0.25, -0.2) is 0 Å². The number of unbranched alkanes of at least 4 members (excludes halogenated alkanes) is 1. The minimum absolute atomic E-state index is 0.00384. The van der Waals surface area contributed by atoms with E-state index in [1.54, 1.807) is 29.2 Å². The third-order valence-electron chi connectivity index (χ3n) is 7.01. The molecule has 2 aliphatic rings. The molecular formula is C25H35Cl2N3O4. The highest BCUT2D eigenvalue weighted by Gasteiger charge is 2.37. The summed E-state index contributed by atoms with van der Waals surface area (Å²) in [6, 6.07) is 5.19. The second-order valence-corrected chi connectivity index (χ2v) is 10.4. The first-order valence-corrected chi connectivity index (χ1v) is 12.7. The summed E-state index contributed by atoms with van der Waals surface area (Å²) in [6.07, 6.45) is 5.60. The quantitative estimate of drug-likeness (QED) is 0.414. The standard InChI is InChI=1S/C25H35Cl2N3O4/c1-25(18-31)9-13-28(17-22(25)32)10-2-3-11-29-14-15-30(12-8-24(29)34)23(33)7-5-19-4-6-20(26)21(27)16-19/h4-7,16,22,31-32H,2-3,8-15,17-18H2,1H3/b7-5+/t22-,25-/m0/s1. The van der Waals surface area contributed by atoms with E-state index in [9.17, 15) is 19.8 Å². The van der Waals surface area contributed by atoms with Crippen LogP contribution in [0.4, 0.5) is 0 Å². The molecule has 2 N–H and O–H groups in total. The number of rotatable bonds is 8. The van der Waals surface area contributed by atoms with E-state index in [2.05, 4.69) is 4.90 Å². The van der Waals surface area contributed by atoms with Crippen LogP contribution in [-0.2, 0) is 9.59 Å². The van der Waals surface area contributed by atoms with Gasteiger partial charge in [-0.2, -0.15) is 0 Å². The third-order valence-corrected chi connectivity index (χ3v) is 7.75. The van der Waals surface area contributed by atoms with Crippen LogP contribution in [0.25, 0.3) is 6.08 Å². The van der Waals surface area contributed by atoms with Crippen molar-refractivity contribution in [3.8, 4) is 0 Å². The zero-order chi connectivity index (χ0) is 24.7. The van der Waals surface area contributed by atoms with Crippen molar-refractivity contribution in [1.82, 2.24) is 14.7 Å². The topological polar surface area (TPSA) is 84.3 Å². The molecule has 2 aliphatic heterocycles. The van der Waals surface area contributed by atoms with E-state index in [4.69, 9.17) is 23.2 Å². The zero-order valence-corrected chi connectivity index (χ0v) is 21.3. The Hall–Kier alpha value is -1.64. The fraction of sp³-hybridized carbons (Fsp3) is 0.600. The molecule has 0 unspecified atom stereocenters. The molecule has 0 aromatic heterocycles. The lowest BCUT2D eigenvalue weighted by atomic mass is 9.79. The average Bonchev–Trinajstić information content (AvgIpc) is 3.01. The van der Waals surface area contributed by atoms with E-state index in [0.29, 0.717) is 49.2 Å². The average molecular weight is 512 g/mol. The molecule has 0 bridgehead atoms. The first kappa shape index (κ1) is 27.0. The fourth-order valence-corrected chi connectivity index (χ4v) is 4.68. The molecule has 2 saturated heterocycles. The molecule has 0 aliphatic carbocycles. The Kier molecular flexibility index (Phi) is 9.80. The highest BCUT2D eigenvalue weighted by Crippen LogP contribution is 2.30. The molecule has 9 heteroatoms. The van der Waals surface area contributed by atoms with Crippen molar-refractivity contribution in [2.75, 3.05) is 52.4 Å². The molecule has 2 atom stereocenters. The molecule has 7 nitrogen and oxygen atoms in total. The minimum atomic E-state index is -0.521. The fourth-order valence-electron chi connectivity index (χ4n) is 4.37. The number of amides is 2. The SMILES string of the molecule is C[C@@]1(CO)CCN(CCCCN2CCN(C(=O)/C=C/c3ccc(Cl)c(Cl)c3)CCC2=O)C[C@@H]1O. The first-order valence-electron chi connectivity index (χ1n) is 11.9. The summed E-state index contributed by atoms with van der Waals surface area (Å²) < 4.78 is 0. The van der Waals surface area contributed by atoms with Gasteiger partial charge in [-0.15, -0.1) is 0 Å². The Morgan fingerprint density at radius 1 is 1.15 bits per heavy atom. The number of aliphatic hydroxyl groups is 2. The lowest BCUT2D eigenvalue weighted by molar-refractivity contribution is -0.130. The van der Waals surface area contributed by atoms with Gasteiger partial charge in [-0.1, -0.05) is 36.2 Å². The molecular weight excluding hydrogens is 477 g/mol. The van der Waals surface area contributed by atoms with Crippen molar-refractivity contribution in [2.45, 2.75) is 38.7 Å². The van der Waals surface area contributed by atoms with Crippen LogP contribution in [0.5, 0.6) is 0 Å². The van der Waals surface area contributed by atoms with Crippen LogP contribution < -0.4 is 0 Å². The number of nitrogens with zero attached hydrogens (tertiary/aromatic N) is 3. The zero-order valence-electron chi connectivity index (χ0n) is 19.8. The summed E-state index contributed by atoms with van der Waals surface area (Å²) in [5.74, 6) is -0.0462. The van der Waals surface area contributed by atoms with Crippen LogP contribution in [0.15, 0.2) is 24.3 Å². The van der Waals surface area contributed by atoms with Crippen LogP contribution in [0.3, 0.4) is 0 Å². The van der Waals surface area contributed by atoms with E-state index in [1.165, 1.54) is 6.08 Å². The highest BCUT2D eigenvalue weighted by molar-refractivity contribution is 6.42. The van der Waals surface area contributed by atoms with Gasteiger partial charge in [-0.3, -0.25) is 9.59 Å².